The Bertz CT molecular complexity index is 537. The number of non-ortho nitro benzene ring substituents is 1. The molecule has 0 N–H and O–H groups in total. The first kappa shape index (κ1) is 10.4. The van der Waals surface area contributed by atoms with E-state index in [9.17, 15) is 14.9 Å². The Hall–Kier alpha value is -1.71. The van der Waals surface area contributed by atoms with Crippen molar-refractivity contribution in [1.82, 2.24) is 0 Å². The van der Waals surface area contributed by atoms with Gasteiger partial charge in [-0.2, -0.15) is 0 Å². The average Bonchev–Trinajstić information content (AvgIpc) is 2.77. The van der Waals surface area contributed by atoms with Crippen molar-refractivity contribution in [1.29, 1.82) is 0 Å². The van der Waals surface area contributed by atoms with Gasteiger partial charge in [0.15, 0.2) is 5.78 Å². The van der Waals surface area contributed by atoms with Gasteiger partial charge in [0.1, 0.15) is 0 Å². The van der Waals surface area contributed by atoms with Gasteiger partial charge in [0, 0.05) is 29.0 Å². The van der Waals surface area contributed by atoms with Gasteiger partial charge in [-0.05, 0) is 18.4 Å². The normalized spacial score (nSPS) is 30.2. The van der Waals surface area contributed by atoms with Gasteiger partial charge in [0.05, 0.1) is 4.92 Å². The van der Waals surface area contributed by atoms with Gasteiger partial charge < -0.3 is 0 Å². The molecule has 0 saturated heterocycles. The van der Waals surface area contributed by atoms with Gasteiger partial charge in [-0.3, -0.25) is 14.9 Å². The van der Waals surface area contributed by atoms with Crippen molar-refractivity contribution in [2.45, 2.75) is 31.6 Å². The number of nitrogens with zero attached hydrogens (tertiary/aromatic N) is 1. The summed E-state index contributed by atoms with van der Waals surface area (Å²) >= 11 is 0. The summed E-state index contributed by atoms with van der Waals surface area (Å²) in [5, 5.41) is 10.7. The Morgan fingerprint density at radius 3 is 2.94 bits per heavy atom. The molecule has 0 spiro atoms. The number of nitro groups is 1. The van der Waals surface area contributed by atoms with E-state index in [1.807, 2.05) is 0 Å². The molecule has 1 aromatic rings. The van der Waals surface area contributed by atoms with E-state index in [0.717, 1.165) is 24.8 Å². The third kappa shape index (κ3) is 1.21. The van der Waals surface area contributed by atoms with E-state index in [0.29, 0.717) is 5.56 Å². The summed E-state index contributed by atoms with van der Waals surface area (Å²) in [6.07, 6.45) is 3.00. The standard InChI is InChI=1S/C13H13NO3/c1-13-6-2-3-11(13)12(15)9-7-8(14(16)17)4-5-10(9)13/h4-5,7,11H,2-3,6H2,1H3. The number of benzene rings is 1. The number of fused-ring (bicyclic) bond motifs is 3. The first-order chi connectivity index (χ1) is 8.04. The summed E-state index contributed by atoms with van der Waals surface area (Å²) in [5.41, 5.74) is 1.52. The van der Waals surface area contributed by atoms with Crippen molar-refractivity contribution in [3.63, 3.8) is 0 Å². The molecule has 4 heteroatoms. The minimum Gasteiger partial charge on any atom is -0.294 e. The van der Waals surface area contributed by atoms with E-state index in [4.69, 9.17) is 0 Å². The number of hydrogen-bond donors (Lipinski definition) is 0. The van der Waals surface area contributed by atoms with E-state index in [2.05, 4.69) is 6.92 Å². The van der Waals surface area contributed by atoms with Crippen LogP contribution in [0.1, 0.15) is 42.1 Å². The van der Waals surface area contributed by atoms with E-state index in [1.165, 1.54) is 12.1 Å². The van der Waals surface area contributed by atoms with Crippen LogP contribution in [0.15, 0.2) is 18.2 Å². The van der Waals surface area contributed by atoms with E-state index >= 15 is 0 Å². The second kappa shape index (κ2) is 3.15. The zero-order valence-electron chi connectivity index (χ0n) is 9.60. The Labute approximate surface area is 98.8 Å². The van der Waals surface area contributed by atoms with Gasteiger partial charge in [0.25, 0.3) is 5.69 Å². The van der Waals surface area contributed by atoms with Crippen molar-refractivity contribution in [2.75, 3.05) is 0 Å². The fourth-order valence-electron chi connectivity index (χ4n) is 3.44. The van der Waals surface area contributed by atoms with Crippen LogP contribution in [-0.2, 0) is 5.41 Å². The van der Waals surface area contributed by atoms with E-state index < -0.39 is 4.92 Å². The van der Waals surface area contributed by atoms with Crippen LogP contribution in [0.3, 0.4) is 0 Å². The van der Waals surface area contributed by atoms with Gasteiger partial charge in [0.2, 0.25) is 0 Å². The molecule has 0 heterocycles. The van der Waals surface area contributed by atoms with Gasteiger partial charge in [-0.25, -0.2) is 0 Å². The molecule has 2 aliphatic rings. The lowest BCUT2D eigenvalue weighted by atomic mass is 9.79. The van der Waals surface area contributed by atoms with Crippen molar-refractivity contribution in [3.8, 4) is 0 Å². The first-order valence-electron chi connectivity index (χ1n) is 5.87. The van der Waals surface area contributed by atoms with Crippen LogP contribution in [0, 0.1) is 16.0 Å². The van der Waals surface area contributed by atoms with Crippen LogP contribution in [0.5, 0.6) is 0 Å². The molecule has 88 valence electrons. The number of hydrogen-bond acceptors (Lipinski definition) is 3. The fourth-order valence-corrected chi connectivity index (χ4v) is 3.44. The number of ketones is 1. The number of carbonyl (C=O) groups is 1. The van der Waals surface area contributed by atoms with Crippen molar-refractivity contribution in [3.05, 3.63) is 39.4 Å². The number of Topliss-reactive ketones (excluding diaryl/α,β-unsaturated/α-hetero) is 1. The molecule has 2 aliphatic carbocycles. The minimum absolute atomic E-state index is 0.0145. The van der Waals surface area contributed by atoms with Gasteiger partial charge in [-0.15, -0.1) is 0 Å². The number of carbonyl (C=O) groups excluding carboxylic acids is 1. The lowest BCUT2D eigenvalue weighted by Crippen LogP contribution is -2.23. The van der Waals surface area contributed by atoms with Crippen LogP contribution < -0.4 is 0 Å². The summed E-state index contributed by atoms with van der Waals surface area (Å²) in [4.78, 5) is 22.5. The minimum atomic E-state index is -0.440. The zero-order chi connectivity index (χ0) is 12.2. The van der Waals surface area contributed by atoms with Crippen LogP contribution in [0.2, 0.25) is 0 Å². The maximum absolute atomic E-state index is 12.2. The van der Waals surface area contributed by atoms with Crippen LogP contribution in [0.4, 0.5) is 5.69 Å². The fraction of sp³-hybridized carbons (Fsp3) is 0.462. The SMILES string of the molecule is CC12CCCC1C(=O)c1cc([N+](=O)[O-])ccc12. The molecule has 0 aliphatic heterocycles. The average molecular weight is 231 g/mol. The van der Waals surface area contributed by atoms with E-state index in [1.54, 1.807) is 6.07 Å². The predicted molar refractivity (Wildman–Crippen MR) is 62.1 cm³/mol. The van der Waals surface area contributed by atoms with Crippen LogP contribution in [0.25, 0.3) is 0 Å². The Morgan fingerprint density at radius 2 is 2.24 bits per heavy atom. The number of nitro benzene ring substituents is 1. The highest BCUT2D eigenvalue weighted by Crippen LogP contribution is 2.53. The summed E-state index contributed by atoms with van der Waals surface area (Å²) < 4.78 is 0. The second-order valence-electron chi connectivity index (χ2n) is 5.21. The number of rotatable bonds is 1. The quantitative estimate of drug-likeness (QED) is 0.551. The van der Waals surface area contributed by atoms with Gasteiger partial charge >= 0.3 is 0 Å². The lowest BCUT2D eigenvalue weighted by molar-refractivity contribution is -0.384. The van der Waals surface area contributed by atoms with Crippen molar-refractivity contribution < 1.29 is 9.72 Å². The molecule has 1 aromatic carbocycles. The second-order valence-corrected chi connectivity index (χ2v) is 5.21. The molecule has 0 radical (unpaired) electrons. The molecule has 0 bridgehead atoms. The molecular weight excluding hydrogens is 218 g/mol. The molecule has 0 amide bonds. The van der Waals surface area contributed by atoms with Crippen molar-refractivity contribution in [2.24, 2.45) is 5.92 Å². The summed E-state index contributed by atoms with van der Waals surface area (Å²) in [6.45, 7) is 2.11. The van der Waals surface area contributed by atoms with E-state index in [-0.39, 0.29) is 22.8 Å². The topological polar surface area (TPSA) is 60.2 Å². The molecule has 1 saturated carbocycles. The van der Waals surface area contributed by atoms with Crippen LogP contribution >= 0.6 is 0 Å². The Balaban J connectivity index is 2.19. The lowest BCUT2D eigenvalue weighted by Gasteiger charge is -2.23. The predicted octanol–water partition coefficient (Wildman–Crippen LogP) is 2.85. The van der Waals surface area contributed by atoms with Crippen molar-refractivity contribution >= 4 is 11.5 Å². The molecule has 1 fully saturated rings. The molecule has 4 nitrogen and oxygen atoms in total. The molecular formula is C13H13NO3. The highest BCUT2D eigenvalue weighted by Gasteiger charge is 2.51. The van der Waals surface area contributed by atoms with Gasteiger partial charge in [-0.1, -0.05) is 19.4 Å². The largest absolute Gasteiger partial charge is 0.294 e. The molecule has 2 atom stereocenters. The maximum Gasteiger partial charge on any atom is 0.270 e. The monoisotopic (exact) mass is 231 g/mol. The summed E-state index contributed by atoms with van der Waals surface area (Å²) in [6, 6.07) is 4.73. The molecule has 3 rings (SSSR count). The third-order valence-corrected chi connectivity index (χ3v) is 4.37. The molecule has 2 unspecified atom stereocenters. The Morgan fingerprint density at radius 1 is 1.47 bits per heavy atom. The zero-order valence-corrected chi connectivity index (χ0v) is 9.60. The highest BCUT2D eigenvalue weighted by molar-refractivity contribution is 6.04. The summed E-state index contributed by atoms with van der Waals surface area (Å²) in [5.74, 6) is 0.142. The van der Waals surface area contributed by atoms with Crippen LogP contribution in [-0.4, -0.2) is 10.7 Å². The summed E-state index contributed by atoms with van der Waals surface area (Å²) in [7, 11) is 0. The molecule has 17 heavy (non-hydrogen) atoms. The third-order valence-electron chi connectivity index (χ3n) is 4.37. The highest BCUT2D eigenvalue weighted by atomic mass is 16.6. The first-order valence-corrected chi connectivity index (χ1v) is 5.87. The maximum atomic E-state index is 12.2. The smallest absolute Gasteiger partial charge is 0.270 e. The molecule has 0 aromatic heterocycles. The Kier molecular flexibility index (Phi) is 1.94.